The zero-order valence-electron chi connectivity index (χ0n) is 13.3. The Labute approximate surface area is 137 Å². The molecule has 0 bridgehead atoms. The normalized spacial score (nSPS) is 35.7. The summed E-state index contributed by atoms with van der Waals surface area (Å²) in [6, 6.07) is 6.89. The molecule has 2 heteroatoms. The van der Waals surface area contributed by atoms with Gasteiger partial charge in [-0.25, -0.2) is 0 Å². The fraction of sp³-hybridized carbons (Fsp3) is 0.684. The first-order valence-corrected chi connectivity index (χ1v) is 9.23. The number of aliphatic hydroxyl groups is 1. The molecule has 1 saturated carbocycles. The second-order valence-corrected chi connectivity index (χ2v) is 8.64. The van der Waals surface area contributed by atoms with Crippen LogP contribution in [0.15, 0.2) is 22.7 Å². The zero-order chi connectivity index (χ0) is 15.1. The number of fused-ring (bicyclic) bond motifs is 2. The number of halogens is 1. The lowest BCUT2D eigenvalue weighted by Crippen LogP contribution is -2.43. The molecular weight excluding hydrogens is 324 g/mol. The van der Waals surface area contributed by atoms with E-state index < -0.39 is 0 Å². The molecule has 2 aliphatic carbocycles. The molecular formula is C19H27BrO. The van der Waals surface area contributed by atoms with Crippen molar-refractivity contribution in [2.45, 2.75) is 76.7 Å². The molecule has 1 nitrogen and oxygen atoms in total. The molecule has 21 heavy (non-hydrogen) atoms. The monoisotopic (exact) mass is 350 g/mol. The summed E-state index contributed by atoms with van der Waals surface area (Å²) in [7, 11) is 0. The van der Waals surface area contributed by atoms with Gasteiger partial charge >= 0.3 is 0 Å². The largest absolute Gasteiger partial charge is 0.393 e. The average Bonchev–Trinajstić information content (AvgIpc) is 2.41. The molecule has 1 atom stereocenters. The van der Waals surface area contributed by atoms with Crippen LogP contribution in [0, 0.1) is 5.41 Å². The summed E-state index contributed by atoms with van der Waals surface area (Å²) in [5.74, 6) is 0. The van der Waals surface area contributed by atoms with Crippen molar-refractivity contribution in [3.63, 3.8) is 0 Å². The molecule has 3 rings (SSSR count). The van der Waals surface area contributed by atoms with Crippen LogP contribution in [-0.2, 0) is 11.8 Å². The molecule has 0 heterocycles. The highest BCUT2D eigenvalue weighted by Gasteiger charge is 2.46. The second kappa shape index (κ2) is 5.70. The second-order valence-electron chi connectivity index (χ2n) is 7.73. The third-order valence-corrected chi connectivity index (χ3v) is 6.28. The first-order valence-electron chi connectivity index (χ1n) is 8.43. The summed E-state index contributed by atoms with van der Waals surface area (Å²) < 4.78 is 1.20. The fourth-order valence-electron chi connectivity index (χ4n) is 5.04. The summed E-state index contributed by atoms with van der Waals surface area (Å²) in [5, 5.41) is 9.94. The highest BCUT2D eigenvalue weighted by atomic mass is 79.9. The van der Waals surface area contributed by atoms with Gasteiger partial charge in [0.15, 0.2) is 0 Å². The van der Waals surface area contributed by atoms with E-state index in [4.69, 9.17) is 0 Å². The molecule has 0 aromatic heterocycles. The van der Waals surface area contributed by atoms with Gasteiger partial charge in [0.25, 0.3) is 0 Å². The van der Waals surface area contributed by atoms with E-state index in [0.29, 0.717) is 10.8 Å². The van der Waals surface area contributed by atoms with Gasteiger partial charge in [0.1, 0.15) is 0 Å². The minimum Gasteiger partial charge on any atom is -0.393 e. The lowest BCUT2D eigenvalue weighted by Gasteiger charge is -2.50. The van der Waals surface area contributed by atoms with E-state index in [-0.39, 0.29) is 6.10 Å². The summed E-state index contributed by atoms with van der Waals surface area (Å²) >= 11 is 3.65. The van der Waals surface area contributed by atoms with Crippen LogP contribution in [-0.4, -0.2) is 11.2 Å². The minimum absolute atomic E-state index is 0.0751. The summed E-state index contributed by atoms with van der Waals surface area (Å²) in [4.78, 5) is 0. The van der Waals surface area contributed by atoms with Gasteiger partial charge in [0.05, 0.1) is 6.10 Å². The van der Waals surface area contributed by atoms with Gasteiger partial charge in [-0.05, 0) is 79.0 Å². The Morgan fingerprint density at radius 3 is 2.67 bits per heavy atom. The van der Waals surface area contributed by atoms with E-state index in [1.807, 2.05) is 0 Å². The van der Waals surface area contributed by atoms with Gasteiger partial charge in [0.2, 0.25) is 0 Å². The van der Waals surface area contributed by atoms with Crippen molar-refractivity contribution < 1.29 is 5.11 Å². The Hall–Kier alpha value is -0.340. The Balaban J connectivity index is 2.03. The molecule has 1 spiro atoms. The van der Waals surface area contributed by atoms with E-state index in [0.717, 1.165) is 25.7 Å². The van der Waals surface area contributed by atoms with Crippen LogP contribution >= 0.6 is 15.9 Å². The SMILES string of the molecule is CCCC1(C)Cc2cc(Br)ccc2C2(CCC(O)CC2)C1. The summed E-state index contributed by atoms with van der Waals surface area (Å²) in [6.07, 6.45) is 9.25. The number of rotatable bonds is 2. The predicted molar refractivity (Wildman–Crippen MR) is 91.6 cm³/mol. The standard InChI is InChI=1S/C19H27BrO/c1-3-8-18(2)12-14-11-15(20)4-5-17(14)19(13-18)9-6-16(21)7-10-19/h4-5,11,16,21H,3,6-10,12-13H2,1-2H3. The third-order valence-electron chi connectivity index (χ3n) is 5.79. The third kappa shape index (κ3) is 2.94. The van der Waals surface area contributed by atoms with Gasteiger partial charge in [-0.1, -0.05) is 42.3 Å². The van der Waals surface area contributed by atoms with Crippen molar-refractivity contribution in [1.82, 2.24) is 0 Å². The van der Waals surface area contributed by atoms with E-state index >= 15 is 0 Å². The Bertz CT molecular complexity index is 516. The fourth-order valence-corrected chi connectivity index (χ4v) is 5.45. The Kier molecular flexibility index (Phi) is 4.22. The van der Waals surface area contributed by atoms with Gasteiger partial charge in [-0.2, -0.15) is 0 Å². The van der Waals surface area contributed by atoms with Crippen LogP contribution in [0.5, 0.6) is 0 Å². The van der Waals surface area contributed by atoms with Crippen LogP contribution in [0.4, 0.5) is 0 Å². The minimum atomic E-state index is -0.0751. The molecule has 1 aromatic carbocycles. The van der Waals surface area contributed by atoms with Gasteiger partial charge < -0.3 is 5.11 Å². The smallest absolute Gasteiger partial charge is 0.0540 e. The van der Waals surface area contributed by atoms with E-state index in [9.17, 15) is 5.11 Å². The van der Waals surface area contributed by atoms with Gasteiger partial charge in [0, 0.05) is 4.47 Å². The average molecular weight is 351 g/mol. The van der Waals surface area contributed by atoms with Crippen molar-refractivity contribution in [2.24, 2.45) is 5.41 Å². The molecule has 0 aliphatic heterocycles. The quantitative estimate of drug-likeness (QED) is 0.759. The predicted octanol–water partition coefficient (Wildman–Crippen LogP) is 5.37. The molecule has 2 aliphatic rings. The highest BCUT2D eigenvalue weighted by molar-refractivity contribution is 9.10. The Morgan fingerprint density at radius 2 is 2.00 bits per heavy atom. The maximum Gasteiger partial charge on any atom is 0.0540 e. The summed E-state index contributed by atoms with van der Waals surface area (Å²) in [5.41, 5.74) is 3.86. The number of hydrogen-bond donors (Lipinski definition) is 1. The van der Waals surface area contributed by atoms with Crippen molar-refractivity contribution in [1.29, 1.82) is 0 Å². The van der Waals surface area contributed by atoms with Crippen LogP contribution in [0.3, 0.4) is 0 Å². The van der Waals surface area contributed by atoms with Crippen molar-refractivity contribution in [2.75, 3.05) is 0 Å². The van der Waals surface area contributed by atoms with Crippen LogP contribution in [0.25, 0.3) is 0 Å². The van der Waals surface area contributed by atoms with E-state index in [1.54, 1.807) is 11.1 Å². The topological polar surface area (TPSA) is 20.2 Å². The van der Waals surface area contributed by atoms with E-state index in [2.05, 4.69) is 48.0 Å². The molecule has 0 saturated heterocycles. The molecule has 1 fully saturated rings. The van der Waals surface area contributed by atoms with Crippen molar-refractivity contribution in [3.8, 4) is 0 Å². The zero-order valence-corrected chi connectivity index (χ0v) is 14.9. The number of hydrogen-bond acceptors (Lipinski definition) is 1. The molecule has 1 aromatic rings. The lowest BCUT2D eigenvalue weighted by atomic mass is 9.54. The van der Waals surface area contributed by atoms with Gasteiger partial charge in [-0.15, -0.1) is 0 Å². The maximum atomic E-state index is 9.94. The molecule has 0 amide bonds. The van der Waals surface area contributed by atoms with Crippen LogP contribution < -0.4 is 0 Å². The van der Waals surface area contributed by atoms with Crippen molar-refractivity contribution in [3.05, 3.63) is 33.8 Å². The Morgan fingerprint density at radius 1 is 1.29 bits per heavy atom. The van der Waals surface area contributed by atoms with Gasteiger partial charge in [-0.3, -0.25) is 0 Å². The number of aliphatic hydroxyl groups excluding tert-OH is 1. The maximum absolute atomic E-state index is 9.94. The van der Waals surface area contributed by atoms with Crippen LogP contribution in [0.2, 0.25) is 0 Å². The van der Waals surface area contributed by atoms with Crippen LogP contribution in [0.1, 0.15) is 69.9 Å². The first kappa shape index (κ1) is 15.6. The summed E-state index contributed by atoms with van der Waals surface area (Å²) in [6.45, 7) is 4.78. The van der Waals surface area contributed by atoms with Crippen molar-refractivity contribution >= 4 is 15.9 Å². The first-order chi connectivity index (χ1) is 9.96. The molecule has 0 radical (unpaired) electrons. The molecule has 1 unspecified atom stereocenters. The molecule has 1 N–H and O–H groups in total. The van der Waals surface area contributed by atoms with E-state index in [1.165, 1.54) is 30.2 Å². The molecule has 116 valence electrons. The highest BCUT2D eigenvalue weighted by Crippen LogP contribution is 2.54. The number of benzene rings is 1. The lowest BCUT2D eigenvalue weighted by molar-refractivity contribution is 0.0615.